The lowest BCUT2D eigenvalue weighted by atomic mass is 10.1. The molecule has 0 fully saturated rings. The van der Waals surface area contributed by atoms with Gasteiger partial charge in [-0.25, -0.2) is 5.43 Å². The number of carbonyl (C=O) groups is 2. The number of nitrogens with one attached hydrogen (secondary N) is 1. The quantitative estimate of drug-likeness (QED) is 0.495. The maximum absolute atomic E-state index is 11.1. The van der Waals surface area contributed by atoms with Crippen molar-refractivity contribution in [3.63, 3.8) is 0 Å². The summed E-state index contributed by atoms with van der Waals surface area (Å²) in [7, 11) is 0. The first-order valence-electron chi connectivity index (χ1n) is 7.11. The van der Waals surface area contributed by atoms with E-state index in [1.807, 2.05) is 25.5 Å². The first-order chi connectivity index (χ1) is 10.9. The number of nitrogens with zero attached hydrogens (tertiary/aromatic N) is 3. The number of benzene rings is 1. The molecule has 1 aromatic heterocycles. The number of aryl methyl sites for hydroxylation is 2. The minimum Gasteiger partial charge on any atom is -0.361 e. The van der Waals surface area contributed by atoms with Crippen molar-refractivity contribution in [2.75, 3.05) is 0 Å². The summed E-state index contributed by atoms with van der Waals surface area (Å²) < 4.78 is 1.87. The first kappa shape index (κ1) is 16.4. The number of primary amides is 1. The lowest BCUT2D eigenvalue weighted by molar-refractivity contribution is -0.137. The highest BCUT2D eigenvalue weighted by Gasteiger charge is 2.11. The molecule has 0 radical (unpaired) electrons. The summed E-state index contributed by atoms with van der Waals surface area (Å²) in [6, 6.07) is 8.24. The van der Waals surface area contributed by atoms with Gasteiger partial charge >= 0.3 is 11.8 Å². The second-order valence-corrected chi connectivity index (χ2v) is 5.29. The van der Waals surface area contributed by atoms with Crippen LogP contribution < -0.4 is 11.2 Å². The molecule has 2 aromatic rings. The topological polar surface area (TPSA) is 102 Å². The van der Waals surface area contributed by atoms with Gasteiger partial charge in [0.2, 0.25) is 0 Å². The van der Waals surface area contributed by atoms with E-state index in [1.54, 1.807) is 0 Å². The standard InChI is InChI=1S/C16H19N5O2/c1-10-4-6-13(7-5-10)9-21-12(3)14(11(2)20-21)8-18-19-16(23)15(17)22/h4-8H,9H2,1-3H3,(H2,17,22)(H,19,23). The van der Waals surface area contributed by atoms with Crippen LogP contribution in [0.25, 0.3) is 0 Å². The second-order valence-electron chi connectivity index (χ2n) is 5.29. The summed E-state index contributed by atoms with van der Waals surface area (Å²) >= 11 is 0. The monoisotopic (exact) mass is 313 g/mol. The first-order valence-corrected chi connectivity index (χ1v) is 7.11. The molecule has 0 saturated carbocycles. The van der Waals surface area contributed by atoms with Gasteiger partial charge < -0.3 is 5.73 Å². The molecule has 0 spiro atoms. The molecule has 0 saturated heterocycles. The minimum absolute atomic E-state index is 0.647. The van der Waals surface area contributed by atoms with E-state index in [-0.39, 0.29) is 0 Å². The van der Waals surface area contributed by atoms with Crippen molar-refractivity contribution in [1.82, 2.24) is 15.2 Å². The van der Waals surface area contributed by atoms with Crippen LogP contribution in [0.5, 0.6) is 0 Å². The van der Waals surface area contributed by atoms with E-state index >= 15 is 0 Å². The number of amides is 2. The molecular formula is C16H19N5O2. The zero-order chi connectivity index (χ0) is 17.0. The third kappa shape index (κ3) is 4.03. The molecule has 7 nitrogen and oxygen atoms in total. The normalized spacial score (nSPS) is 10.9. The van der Waals surface area contributed by atoms with E-state index in [0.29, 0.717) is 6.54 Å². The van der Waals surface area contributed by atoms with Gasteiger partial charge in [0.25, 0.3) is 0 Å². The molecule has 2 amide bonds. The Kier molecular flexibility index (Phi) is 4.90. The van der Waals surface area contributed by atoms with Crippen molar-refractivity contribution < 1.29 is 9.59 Å². The van der Waals surface area contributed by atoms with Gasteiger partial charge in [0.15, 0.2) is 0 Å². The summed E-state index contributed by atoms with van der Waals surface area (Å²) in [4.78, 5) is 21.7. The molecule has 3 N–H and O–H groups in total. The lowest BCUT2D eigenvalue weighted by Gasteiger charge is -2.05. The fourth-order valence-corrected chi connectivity index (χ4v) is 2.13. The summed E-state index contributed by atoms with van der Waals surface area (Å²) in [5, 5.41) is 8.22. The van der Waals surface area contributed by atoms with E-state index < -0.39 is 11.8 Å². The van der Waals surface area contributed by atoms with Gasteiger partial charge in [-0.05, 0) is 26.3 Å². The van der Waals surface area contributed by atoms with Gasteiger partial charge in [-0.15, -0.1) is 0 Å². The number of aromatic nitrogens is 2. The number of hydrogen-bond donors (Lipinski definition) is 2. The molecule has 1 heterocycles. The third-order valence-corrected chi connectivity index (χ3v) is 3.47. The minimum atomic E-state index is -1.08. The molecule has 1 aromatic carbocycles. The van der Waals surface area contributed by atoms with Gasteiger partial charge in [-0.2, -0.15) is 10.2 Å². The van der Waals surface area contributed by atoms with Crippen LogP contribution in [-0.4, -0.2) is 27.8 Å². The predicted molar refractivity (Wildman–Crippen MR) is 86.9 cm³/mol. The van der Waals surface area contributed by atoms with Gasteiger partial charge in [0.1, 0.15) is 0 Å². The highest BCUT2D eigenvalue weighted by atomic mass is 16.2. The van der Waals surface area contributed by atoms with Crippen LogP contribution in [0.3, 0.4) is 0 Å². The molecule has 23 heavy (non-hydrogen) atoms. The Bertz CT molecular complexity index is 760. The van der Waals surface area contributed by atoms with E-state index in [0.717, 1.165) is 22.5 Å². The number of carbonyl (C=O) groups excluding carboxylic acids is 2. The van der Waals surface area contributed by atoms with E-state index in [1.165, 1.54) is 11.8 Å². The van der Waals surface area contributed by atoms with E-state index in [9.17, 15) is 9.59 Å². The number of hydrazone groups is 1. The van der Waals surface area contributed by atoms with Crippen LogP contribution in [0.4, 0.5) is 0 Å². The highest BCUT2D eigenvalue weighted by molar-refractivity contribution is 6.34. The van der Waals surface area contributed by atoms with Crippen LogP contribution in [-0.2, 0) is 16.1 Å². The average molecular weight is 313 g/mol. The molecule has 0 bridgehead atoms. The molecule has 120 valence electrons. The Morgan fingerprint density at radius 3 is 2.52 bits per heavy atom. The zero-order valence-corrected chi connectivity index (χ0v) is 13.3. The molecule has 7 heteroatoms. The summed E-state index contributed by atoms with van der Waals surface area (Å²) in [5.41, 5.74) is 11.8. The zero-order valence-electron chi connectivity index (χ0n) is 13.3. The Labute approximate surface area is 134 Å². The summed E-state index contributed by atoms with van der Waals surface area (Å²) in [6.45, 7) is 6.47. The highest BCUT2D eigenvalue weighted by Crippen LogP contribution is 2.13. The molecular weight excluding hydrogens is 294 g/mol. The third-order valence-electron chi connectivity index (χ3n) is 3.47. The van der Waals surface area contributed by atoms with Crippen LogP contribution in [0.15, 0.2) is 29.4 Å². The Hall–Kier alpha value is -2.96. The maximum Gasteiger partial charge on any atom is 0.329 e. The second kappa shape index (κ2) is 6.87. The maximum atomic E-state index is 11.1. The Morgan fingerprint density at radius 2 is 1.91 bits per heavy atom. The summed E-state index contributed by atoms with van der Waals surface area (Å²) in [5.74, 6) is -2.03. The molecule has 0 aliphatic carbocycles. The van der Waals surface area contributed by atoms with Crippen molar-refractivity contribution in [3.05, 3.63) is 52.3 Å². The van der Waals surface area contributed by atoms with Crippen molar-refractivity contribution in [1.29, 1.82) is 0 Å². The van der Waals surface area contributed by atoms with Gasteiger partial charge in [0, 0.05) is 11.3 Å². The molecule has 0 aliphatic rings. The van der Waals surface area contributed by atoms with E-state index in [2.05, 4.69) is 39.9 Å². The van der Waals surface area contributed by atoms with Gasteiger partial charge in [-0.1, -0.05) is 29.8 Å². The fraction of sp³-hybridized carbons (Fsp3) is 0.250. The van der Waals surface area contributed by atoms with Gasteiger partial charge in [-0.3, -0.25) is 14.3 Å². The molecule has 0 aliphatic heterocycles. The molecule has 2 rings (SSSR count). The molecule has 0 unspecified atom stereocenters. The van der Waals surface area contributed by atoms with Gasteiger partial charge in [0.05, 0.1) is 18.5 Å². The van der Waals surface area contributed by atoms with Crippen LogP contribution in [0.1, 0.15) is 28.1 Å². The Balaban J connectivity index is 2.15. The van der Waals surface area contributed by atoms with Crippen molar-refractivity contribution in [2.24, 2.45) is 10.8 Å². The number of nitrogens with two attached hydrogens (primary N) is 1. The summed E-state index contributed by atoms with van der Waals surface area (Å²) in [6.07, 6.45) is 1.46. The van der Waals surface area contributed by atoms with Crippen molar-refractivity contribution in [2.45, 2.75) is 27.3 Å². The van der Waals surface area contributed by atoms with Crippen molar-refractivity contribution in [3.8, 4) is 0 Å². The Morgan fingerprint density at radius 1 is 1.26 bits per heavy atom. The van der Waals surface area contributed by atoms with Crippen LogP contribution in [0.2, 0.25) is 0 Å². The van der Waals surface area contributed by atoms with Crippen LogP contribution >= 0.6 is 0 Å². The van der Waals surface area contributed by atoms with Crippen LogP contribution in [0, 0.1) is 20.8 Å². The number of hydrogen-bond acceptors (Lipinski definition) is 4. The average Bonchev–Trinajstić information content (AvgIpc) is 2.76. The van der Waals surface area contributed by atoms with E-state index in [4.69, 9.17) is 5.73 Å². The lowest BCUT2D eigenvalue weighted by Crippen LogP contribution is -2.32. The fourth-order valence-electron chi connectivity index (χ4n) is 2.13. The van der Waals surface area contributed by atoms with Crippen molar-refractivity contribution >= 4 is 18.0 Å². The smallest absolute Gasteiger partial charge is 0.329 e. The molecule has 0 atom stereocenters. The number of rotatable bonds is 4. The largest absolute Gasteiger partial charge is 0.361 e. The predicted octanol–water partition coefficient (Wildman–Crippen LogP) is 0.792. The SMILES string of the molecule is Cc1ccc(Cn2nc(C)c(C=NNC(=O)C(N)=O)c2C)cc1.